The molecule has 3 aromatic rings. The Hall–Kier alpha value is -3.14. The van der Waals surface area contributed by atoms with E-state index in [-0.39, 0.29) is 17.3 Å². The molecule has 1 aliphatic rings. The lowest BCUT2D eigenvalue weighted by atomic mass is 10.0. The number of allylic oxidation sites excluding steroid dienone is 1. The van der Waals surface area contributed by atoms with Crippen LogP contribution in [0.4, 0.5) is 5.69 Å². The molecule has 3 aromatic carbocycles. The van der Waals surface area contributed by atoms with Gasteiger partial charge >= 0.3 is 0 Å². The van der Waals surface area contributed by atoms with E-state index in [1.54, 1.807) is 24.3 Å². The topological polar surface area (TPSA) is 61.2 Å². The van der Waals surface area contributed by atoms with Crippen LogP contribution in [-0.2, 0) is 11.2 Å². The van der Waals surface area contributed by atoms with Gasteiger partial charge in [-0.2, -0.15) is 5.26 Å². The van der Waals surface area contributed by atoms with Crippen molar-refractivity contribution in [2.75, 3.05) is 4.90 Å². The van der Waals surface area contributed by atoms with E-state index in [0.29, 0.717) is 22.7 Å². The highest BCUT2D eigenvalue weighted by molar-refractivity contribution is 9.10. The van der Waals surface area contributed by atoms with Crippen LogP contribution in [0.3, 0.4) is 0 Å². The van der Waals surface area contributed by atoms with E-state index < -0.39 is 5.25 Å². The molecule has 0 aliphatic carbocycles. The third-order valence-electron chi connectivity index (χ3n) is 4.89. The highest BCUT2D eigenvalue weighted by Crippen LogP contribution is 2.42. The number of anilines is 1. The zero-order chi connectivity index (χ0) is 21.8. The molecule has 1 aliphatic heterocycles. The van der Waals surface area contributed by atoms with Gasteiger partial charge in [-0.15, -0.1) is 0 Å². The molecule has 4 rings (SSSR count). The number of amides is 1. The largest absolute Gasteiger partial charge is 0.288 e. The molecule has 0 spiro atoms. The van der Waals surface area contributed by atoms with Crippen molar-refractivity contribution in [2.24, 2.45) is 0 Å². The van der Waals surface area contributed by atoms with Crippen LogP contribution in [0.5, 0.6) is 0 Å². The van der Waals surface area contributed by atoms with Crippen LogP contribution in [0.15, 0.2) is 100 Å². The SMILES string of the molecule is N#CC(C(=O)c1ccccc1)=C1SC(Cc2ccc(Br)cc2)C(=O)N1c1ccccc1. The van der Waals surface area contributed by atoms with Crippen molar-refractivity contribution in [3.63, 3.8) is 0 Å². The van der Waals surface area contributed by atoms with E-state index in [4.69, 9.17) is 0 Å². The summed E-state index contributed by atoms with van der Waals surface area (Å²) in [7, 11) is 0. The second kappa shape index (κ2) is 9.34. The minimum atomic E-state index is -0.427. The number of rotatable bonds is 5. The summed E-state index contributed by atoms with van der Waals surface area (Å²) >= 11 is 4.70. The van der Waals surface area contributed by atoms with E-state index in [9.17, 15) is 14.9 Å². The number of Topliss-reactive ketones (excluding diaryl/α,β-unsaturated/α-hetero) is 1. The standard InChI is InChI=1S/C25H17BrN2O2S/c26-19-13-11-17(12-14-19)15-22-24(30)28(20-9-5-2-6-10-20)25(31-22)21(16-27)23(29)18-7-3-1-4-8-18/h1-14,22H,15H2. The summed E-state index contributed by atoms with van der Waals surface area (Å²) in [4.78, 5) is 28.0. The number of halogens is 1. The quantitative estimate of drug-likeness (QED) is 0.260. The number of ketones is 1. The van der Waals surface area contributed by atoms with Gasteiger partial charge in [0, 0.05) is 15.7 Å². The predicted octanol–water partition coefficient (Wildman–Crippen LogP) is 5.76. The number of benzene rings is 3. The molecule has 1 heterocycles. The van der Waals surface area contributed by atoms with E-state index in [1.165, 1.54) is 16.7 Å². The lowest BCUT2D eigenvalue weighted by molar-refractivity contribution is -0.117. The van der Waals surface area contributed by atoms with Crippen molar-refractivity contribution in [1.82, 2.24) is 0 Å². The summed E-state index contributed by atoms with van der Waals surface area (Å²) in [6.45, 7) is 0. The highest BCUT2D eigenvalue weighted by Gasteiger charge is 2.40. The van der Waals surface area contributed by atoms with Crippen molar-refractivity contribution >= 4 is 45.1 Å². The third kappa shape index (κ3) is 4.48. The summed E-state index contributed by atoms with van der Waals surface area (Å²) in [5, 5.41) is 9.85. The van der Waals surface area contributed by atoms with Crippen molar-refractivity contribution in [1.29, 1.82) is 5.26 Å². The molecule has 0 N–H and O–H groups in total. The minimum absolute atomic E-state index is 0.0216. The molecule has 1 fully saturated rings. The van der Waals surface area contributed by atoms with Crippen LogP contribution < -0.4 is 4.90 Å². The highest BCUT2D eigenvalue weighted by atomic mass is 79.9. The normalized spacial score (nSPS) is 17.4. The summed E-state index contributed by atoms with van der Waals surface area (Å²) < 4.78 is 0.966. The number of carbonyl (C=O) groups is 2. The molecule has 0 radical (unpaired) electrons. The van der Waals surface area contributed by atoms with Gasteiger partial charge < -0.3 is 0 Å². The van der Waals surface area contributed by atoms with E-state index >= 15 is 0 Å². The van der Waals surface area contributed by atoms with Gasteiger partial charge in [-0.3, -0.25) is 14.5 Å². The second-order valence-electron chi connectivity index (χ2n) is 6.93. The molecular formula is C25H17BrN2O2S. The van der Waals surface area contributed by atoms with Crippen LogP contribution in [-0.4, -0.2) is 16.9 Å². The lowest BCUT2D eigenvalue weighted by Gasteiger charge is -2.18. The Morgan fingerprint density at radius 3 is 2.19 bits per heavy atom. The summed E-state index contributed by atoms with van der Waals surface area (Å²) in [6, 6.07) is 27.7. The summed E-state index contributed by atoms with van der Waals surface area (Å²) in [5.74, 6) is -0.522. The van der Waals surface area contributed by atoms with Gasteiger partial charge in [-0.25, -0.2) is 0 Å². The van der Waals surface area contributed by atoms with Gasteiger partial charge in [0.1, 0.15) is 16.7 Å². The summed E-state index contributed by atoms with van der Waals surface area (Å²) in [6.07, 6.45) is 0.502. The Labute approximate surface area is 193 Å². The zero-order valence-electron chi connectivity index (χ0n) is 16.4. The average molecular weight is 489 g/mol. The number of hydrogen-bond acceptors (Lipinski definition) is 4. The van der Waals surface area contributed by atoms with E-state index in [2.05, 4.69) is 22.0 Å². The van der Waals surface area contributed by atoms with Gasteiger partial charge in [0.2, 0.25) is 11.7 Å². The van der Waals surface area contributed by atoms with Crippen LogP contribution in [0.25, 0.3) is 0 Å². The number of nitriles is 1. The molecule has 1 saturated heterocycles. The molecule has 0 aromatic heterocycles. The van der Waals surface area contributed by atoms with Crippen molar-refractivity contribution in [2.45, 2.75) is 11.7 Å². The first-order valence-electron chi connectivity index (χ1n) is 9.62. The van der Waals surface area contributed by atoms with Gasteiger partial charge in [0.25, 0.3) is 0 Å². The number of thioether (sulfide) groups is 1. The number of para-hydroxylation sites is 1. The number of hydrogen-bond donors (Lipinski definition) is 0. The van der Waals surface area contributed by atoms with E-state index in [0.717, 1.165) is 10.0 Å². The molecule has 4 nitrogen and oxygen atoms in total. The molecule has 1 amide bonds. The summed E-state index contributed by atoms with van der Waals surface area (Å²) in [5.41, 5.74) is 2.05. The van der Waals surface area contributed by atoms with Gasteiger partial charge in [0.05, 0.1) is 5.25 Å². The predicted molar refractivity (Wildman–Crippen MR) is 127 cm³/mol. The van der Waals surface area contributed by atoms with Gasteiger partial charge in [-0.05, 0) is 36.2 Å². The third-order valence-corrected chi connectivity index (χ3v) is 6.68. The number of carbonyl (C=O) groups excluding carboxylic acids is 2. The van der Waals surface area contributed by atoms with Crippen LogP contribution in [0.1, 0.15) is 15.9 Å². The van der Waals surface area contributed by atoms with Gasteiger partial charge in [0.15, 0.2) is 0 Å². The van der Waals surface area contributed by atoms with Crippen LogP contribution in [0.2, 0.25) is 0 Å². The Morgan fingerprint density at radius 2 is 1.58 bits per heavy atom. The number of nitrogens with zero attached hydrogens (tertiary/aromatic N) is 2. The molecule has 0 saturated carbocycles. The molecule has 1 unspecified atom stereocenters. The minimum Gasteiger partial charge on any atom is -0.288 e. The average Bonchev–Trinajstić information content (AvgIpc) is 3.12. The Bertz CT molecular complexity index is 1190. The fourth-order valence-corrected chi connectivity index (χ4v) is 4.94. The maximum Gasteiger partial charge on any atom is 0.245 e. The molecular weight excluding hydrogens is 472 g/mol. The van der Waals surface area contributed by atoms with Crippen LogP contribution in [0, 0.1) is 11.3 Å². The smallest absolute Gasteiger partial charge is 0.245 e. The fraction of sp³-hybridized carbons (Fsp3) is 0.0800. The Balaban J connectivity index is 1.77. The van der Waals surface area contributed by atoms with Crippen molar-refractivity contribution < 1.29 is 9.59 Å². The Morgan fingerprint density at radius 1 is 0.968 bits per heavy atom. The van der Waals surface area contributed by atoms with Gasteiger partial charge in [-0.1, -0.05) is 88.4 Å². The zero-order valence-corrected chi connectivity index (χ0v) is 18.8. The maximum absolute atomic E-state index is 13.4. The molecule has 152 valence electrons. The monoisotopic (exact) mass is 488 g/mol. The first kappa shape index (κ1) is 21.1. The molecule has 1 atom stereocenters. The molecule has 6 heteroatoms. The van der Waals surface area contributed by atoms with Crippen LogP contribution >= 0.6 is 27.7 Å². The van der Waals surface area contributed by atoms with E-state index in [1.807, 2.05) is 60.7 Å². The van der Waals surface area contributed by atoms with Crippen molar-refractivity contribution in [3.8, 4) is 6.07 Å². The first-order chi connectivity index (χ1) is 15.1. The van der Waals surface area contributed by atoms with Crippen molar-refractivity contribution in [3.05, 3.63) is 111 Å². The lowest BCUT2D eigenvalue weighted by Crippen LogP contribution is -2.30. The molecule has 31 heavy (non-hydrogen) atoms. The Kier molecular flexibility index (Phi) is 6.36. The molecule has 0 bridgehead atoms. The fourth-order valence-electron chi connectivity index (χ4n) is 3.37. The second-order valence-corrected chi connectivity index (χ2v) is 9.04. The maximum atomic E-state index is 13.4. The first-order valence-corrected chi connectivity index (χ1v) is 11.3.